The lowest BCUT2D eigenvalue weighted by molar-refractivity contribution is 0.210. The fourth-order valence-corrected chi connectivity index (χ4v) is 2.51. The molecule has 6 nitrogen and oxygen atoms in total. The summed E-state index contributed by atoms with van der Waals surface area (Å²) in [6.45, 7) is 1.31. The first-order valence-electron chi connectivity index (χ1n) is 8.21. The number of ether oxygens (including phenoxy) is 1. The van der Waals surface area contributed by atoms with Crippen molar-refractivity contribution in [3.8, 4) is 0 Å². The van der Waals surface area contributed by atoms with Gasteiger partial charge in [0.25, 0.3) is 0 Å². The van der Waals surface area contributed by atoms with Crippen molar-refractivity contribution < 1.29 is 4.74 Å². The molecule has 0 radical (unpaired) electrons. The SMILES string of the molecule is COCCNc1nc(Nc2ccc(N(C)C)cc2)nc2ccccc12. The van der Waals surface area contributed by atoms with Crippen LogP contribution in [0, 0.1) is 0 Å². The second kappa shape index (κ2) is 7.81. The summed E-state index contributed by atoms with van der Waals surface area (Å²) in [6.07, 6.45) is 0. The fourth-order valence-electron chi connectivity index (χ4n) is 2.51. The van der Waals surface area contributed by atoms with Crippen LogP contribution in [0.15, 0.2) is 48.5 Å². The number of hydrogen-bond donors (Lipinski definition) is 2. The summed E-state index contributed by atoms with van der Waals surface area (Å²) in [5, 5.41) is 7.59. The van der Waals surface area contributed by atoms with Gasteiger partial charge in [0.1, 0.15) is 5.82 Å². The van der Waals surface area contributed by atoms with Gasteiger partial charge in [0, 0.05) is 44.5 Å². The standard InChI is InChI=1S/C19H23N5O/c1-24(2)15-10-8-14(9-11-15)21-19-22-17-7-5-4-6-16(17)18(23-19)20-12-13-25-3/h4-11H,12-13H2,1-3H3,(H2,20,21,22,23). The second-order valence-electron chi connectivity index (χ2n) is 5.90. The second-order valence-corrected chi connectivity index (χ2v) is 5.90. The average Bonchev–Trinajstić information content (AvgIpc) is 2.62. The van der Waals surface area contributed by atoms with Crippen LogP contribution in [0.4, 0.5) is 23.1 Å². The molecule has 0 aliphatic rings. The number of nitrogens with one attached hydrogen (secondary N) is 2. The van der Waals surface area contributed by atoms with E-state index in [1.54, 1.807) is 7.11 Å². The topological polar surface area (TPSA) is 62.3 Å². The van der Waals surface area contributed by atoms with Crippen molar-refractivity contribution in [2.24, 2.45) is 0 Å². The van der Waals surface area contributed by atoms with Gasteiger partial charge >= 0.3 is 0 Å². The first kappa shape index (κ1) is 17.0. The Morgan fingerprint density at radius 3 is 2.48 bits per heavy atom. The number of aromatic nitrogens is 2. The van der Waals surface area contributed by atoms with E-state index in [0.29, 0.717) is 19.1 Å². The predicted molar refractivity (Wildman–Crippen MR) is 104 cm³/mol. The van der Waals surface area contributed by atoms with Gasteiger partial charge in [-0.15, -0.1) is 0 Å². The number of anilines is 4. The van der Waals surface area contributed by atoms with E-state index in [1.165, 1.54) is 0 Å². The zero-order valence-corrected chi connectivity index (χ0v) is 14.8. The molecule has 1 aromatic heterocycles. The number of nitrogens with zero attached hydrogens (tertiary/aromatic N) is 3. The Labute approximate surface area is 147 Å². The highest BCUT2D eigenvalue weighted by molar-refractivity contribution is 5.90. The third kappa shape index (κ3) is 4.16. The van der Waals surface area contributed by atoms with Gasteiger partial charge in [-0.2, -0.15) is 4.98 Å². The van der Waals surface area contributed by atoms with Gasteiger partial charge in [0.05, 0.1) is 12.1 Å². The van der Waals surface area contributed by atoms with E-state index < -0.39 is 0 Å². The van der Waals surface area contributed by atoms with Crippen molar-refractivity contribution in [3.63, 3.8) is 0 Å². The summed E-state index contributed by atoms with van der Waals surface area (Å²) in [5.74, 6) is 1.37. The van der Waals surface area contributed by atoms with Gasteiger partial charge < -0.3 is 20.3 Å². The summed E-state index contributed by atoms with van der Waals surface area (Å²) in [7, 11) is 5.73. The lowest BCUT2D eigenvalue weighted by Crippen LogP contribution is -2.11. The molecule has 0 unspecified atom stereocenters. The van der Waals surface area contributed by atoms with Crippen LogP contribution in [0.2, 0.25) is 0 Å². The maximum Gasteiger partial charge on any atom is 0.229 e. The smallest absolute Gasteiger partial charge is 0.229 e. The normalized spacial score (nSPS) is 10.7. The van der Waals surface area contributed by atoms with E-state index >= 15 is 0 Å². The molecule has 0 amide bonds. The fraction of sp³-hybridized carbons (Fsp3) is 0.263. The molecule has 1 heterocycles. The van der Waals surface area contributed by atoms with Gasteiger partial charge in [-0.1, -0.05) is 12.1 Å². The highest BCUT2D eigenvalue weighted by Gasteiger charge is 2.07. The Morgan fingerprint density at radius 1 is 1.00 bits per heavy atom. The van der Waals surface area contributed by atoms with E-state index in [0.717, 1.165) is 28.1 Å². The quantitative estimate of drug-likeness (QED) is 0.644. The van der Waals surface area contributed by atoms with Gasteiger partial charge in [-0.05, 0) is 36.4 Å². The molecule has 6 heteroatoms. The molecule has 2 N–H and O–H groups in total. The van der Waals surface area contributed by atoms with E-state index in [1.807, 2.05) is 50.5 Å². The first-order chi connectivity index (χ1) is 12.2. The van der Waals surface area contributed by atoms with Crippen molar-refractivity contribution in [1.82, 2.24) is 9.97 Å². The Morgan fingerprint density at radius 2 is 1.76 bits per heavy atom. The molecule has 0 saturated carbocycles. The van der Waals surface area contributed by atoms with E-state index in [4.69, 9.17) is 4.74 Å². The number of rotatable bonds is 7. The Balaban J connectivity index is 1.87. The average molecular weight is 337 g/mol. The molecule has 0 aliphatic carbocycles. The van der Waals surface area contributed by atoms with E-state index in [9.17, 15) is 0 Å². The maximum absolute atomic E-state index is 5.11. The summed E-state index contributed by atoms with van der Waals surface area (Å²) in [5.41, 5.74) is 2.99. The van der Waals surface area contributed by atoms with Crippen LogP contribution in [0.1, 0.15) is 0 Å². The van der Waals surface area contributed by atoms with E-state index in [2.05, 4.69) is 37.6 Å². The van der Waals surface area contributed by atoms with Crippen LogP contribution < -0.4 is 15.5 Å². The summed E-state index contributed by atoms with van der Waals surface area (Å²) in [6, 6.07) is 16.1. The molecule has 130 valence electrons. The molecule has 0 fully saturated rings. The zero-order chi connectivity index (χ0) is 17.6. The minimum atomic E-state index is 0.566. The van der Waals surface area contributed by atoms with Crippen LogP contribution in [0.25, 0.3) is 10.9 Å². The third-order valence-corrected chi connectivity index (χ3v) is 3.84. The van der Waals surface area contributed by atoms with Gasteiger partial charge in [0.15, 0.2) is 0 Å². The molecule has 0 saturated heterocycles. The number of hydrogen-bond acceptors (Lipinski definition) is 6. The summed E-state index contributed by atoms with van der Waals surface area (Å²) >= 11 is 0. The van der Waals surface area contributed by atoms with Crippen molar-refractivity contribution in [2.45, 2.75) is 0 Å². The van der Waals surface area contributed by atoms with Crippen LogP contribution in [0.5, 0.6) is 0 Å². The van der Waals surface area contributed by atoms with E-state index in [-0.39, 0.29) is 0 Å². The van der Waals surface area contributed by atoms with Crippen molar-refractivity contribution in [2.75, 3.05) is 49.9 Å². The van der Waals surface area contributed by atoms with Crippen molar-refractivity contribution in [1.29, 1.82) is 0 Å². The third-order valence-electron chi connectivity index (χ3n) is 3.84. The molecule has 0 spiro atoms. The largest absolute Gasteiger partial charge is 0.383 e. The summed E-state index contributed by atoms with van der Waals surface area (Å²) < 4.78 is 5.11. The van der Waals surface area contributed by atoms with Crippen LogP contribution >= 0.6 is 0 Å². The number of benzene rings is 2. The molecule has 0 aliphatic heterocycles. The minimum Gasteiger partial charge on any atom is -0.383 e. The summed E-state index contributed by atoms with van der Waals surface area (Å²) in [4.78, 5) is 11.3. The Bertz CT molecular complexity index is 833. The molecular weight excluding hydrogens is 314 g/mol. The van der Waals surface area contributed by atoms with Gasteiger partial charge in [-0.3, -0.25) is 0 Å². The van der Waals surface area contributed by atoms with Crippen LogP contribution in [0.3, 0.4) is 0 Å². The maximum atomic E-state index is 5.11. The lowest BCUT2D eigenvalue weighted by Gasteiger charge is -2.14. The first-order valence-corrected chi connectivity index (χ1v) is 8.21. The van der Waals surface area contributed by atoms with Crippen LogP contribution in [-0.4, -0.2) is 44.3 Å². The molecule has 0 bridgehead atoms. The number of para-hydroxylation sites is 1. The van der Waals surface area contributed by atoms with Crippen molar-refractivity contribution in [3.05, 3.63) is 48.5 Å². The predicted octanol–water partition coefficient (Wildman–Crippen LogP) is 3.50. The Hall–Kier alpha value is -2.86. The Kier molecular flexibility index (Phi) is 5.30. The molecule has 3 rings (SSSR count). The zero-order valence-electron chi connectivity index (χ0n) is 14.8. The van der Waals surface area contributed by atoms with Crippen LogP contribution in [-0.2, 0) is 4.74 Å². The molecule has 25 heavy (non-hydrogen) atoms. The lowest BCUT2D eigenvalue weighted by atomic mass is 10.2. The monoisotopic (exact) mass is 337 g/mol. The minimum absolute atomic E-state index is 0.566. The number of fused-ring (bicyclic) bond motifs is 1. The highest BCUT2D eigenvalue weighted by Crippen LogP contribution is 2.24. The van der Waals surface area contributed by atoms with Gasteiger partial charge in [0.2, 0.25) is 5.95 Å². The molecular formula is C19H23N5O. The molecule has 0 atom stereocenters. The molecule has 2 aromatic carbocycles. The highest BCUT2D eigenvalue weighted by atomic mass is 16.5. The van der Waals surface area contributed by atoms with Crippen molar-refractivity contribution >= 4 is 34.0 Å². The number of methoxy groups -OCH3 is 1. The van der Waals surface area contributed by atoms with Gasteiger partial charge in [-0.25, -0.2) is 4.98 Å². The molecule has 3 aromatic rings.